The molecule has 0 fully saturated rings. The van der Waals surface area contributed by atoms with Gasteiger partial charge in [0.05, 0.1) is 16.0 Å². The van der Waals surface area contributed by atoms with Gasteiger partial charge in [-0.2, -0.15) is 13.2 Å². The summed E-state index contributed by atoms with van der Waals surface area (Å²) >= 11 is 1.15. The van der Waals surface area contributed by atoms with Gasteiger partial charge in [-0.25, -0.2) is 0 Å². The first kappa shape index (κ1) is 17.7. The van der Waals surface area contributed by atoms with E-state index in [2.05, 4.69) is 4.98 Å². The minimum atomic E-state index is -4.44. The number of alkyl halides is 3. The lowest BCUT2D eigenvalue weighted by atomic mass is 10.0. The van der Waals surface area contributed by atoms with Crippen LogP contribution in [0.15, 0.2) is 60.8 Å². The maximum atomic E-state index is 13.9. The molecule has 0 aliphatic heterocycles. The molecule has 0 radical (unpaired) electrons. The van der Waals surface area contributed by atoms with Gasteiger partial charge in [-0.05, 0) is 37.6 Å². The molecule has 2 aromatic carbocycles. The van der Waals surface area contributed by atoms with Crippen LogP contribution in [0, 0.1) is 13.8 Å². The Bertz CT molecular complexity index is 1110. The van der Waals surface area contributed by atoms with Crippen LogP contribution in [0.3, 0.4) is 0 Å². The van der Waals surface area contributed by atoms with Crippen LogP contribution in [-0.2, 0) is 6.18 Å². The summed E-state index contributed by atoms with van der Waals surface area (Å²) in [5.74, 6) is 0. The lowest BCUT2D eigenvalue weighted by Crippen LogP contribution is -2.05. The van der Waals surface area contributed by atoms with Gasteiger partial charge in [0.2, 0.25) is 0 Å². The highest BCUT2D eigenvalue weighted by atomic mass is 32.1. The smallest absolute Gasteiger partial charge is 0.255 e. The third kappa shape index (κ3) is 3.23. The normalized spacial score (nSPS) is 11.9. The standard InChI is InChI=1S/C22H16F3NS/c1-13-10-14(2)12-16(11-13)19-21-17(8-9-26-19)18(22(23,24)25)20(27-21)15-6-4-3-5-7-15/h3-12H,1-2H3. The Morgan fingerprint density at radius 2 is 1.52 bits per heavy atom. The molecule has 5 heteroatoms. The molecule has 0 aliphatic rings. The van der Waals surface area contributed by atoms with Gasteiger partial charge < -0.3 is 0 Å². The summed E-state index contributed by atoms with van der Waals surface area (Å²) in [6, 6.07) is 16.2. The average Bonchev–Trinajstić information content (AvgIpc) is 3.01. The zero-order valence-electron chi connectivity index (χ0n) is 14.8. The zero-order valence-corrected chi connectivity index (χ0v) is 15.6. The molecule has 0 saturated carbocycles. The van der Waals surface area contributed by atoms with Crippen LogP contribution in [0.4, 0.5) is 13.2 Å². The molecule has 0 aliphatic carbocycles. The molecule has 0 N–H and O–H groups in total. The number of pyridine rings is 1. The molecule has 4 rings (SSSR count). The van der Waals surface area contributed by atoms with Crippen LogP contribution in [0.1, 0.15) is 16.7 Å². The van der Waals surface area contributed by atoms with E-state index in [1.165, 1.54) is 12.3 Å². The number of nitrogens with zero attached hydrogens (tertiary/aromatic N) is 1. The van der Waals surface area contributed by atoms with Crippen LogP contribution in [0.5, 0.6) is 0 Å². The van der Waals surface area contributed by atoms with Crippen molar-refractivity contribution < 1.29 is 13.2 Å². The van der Waals surface area contributed by atoms with Crippen LogP contribution >= 0.6 is 11.3 Å². The molecule has 136 valence electrons. The molecule has 4 aromatic rings. The molecule has 2 aromatic heterocycles. The second-order valence-corrected chi connectivity index (χ2v) is 7.60. The Kier molecular flexibility index (Phi) is 4.27. The fourth-order valence-electron chi connectivity index (χ4n) is 3.42. The van der Waals surface area contributed by atoms with Crippen molar-refractivity contribution in [2.45, 2.75) is 20.0 Å². The number of halogens is 3. The van der Waals surface area contributed by atoms with Crippen LogP contribution in [0.2, 0.25) is 0 Å². The third-order valence-electron chi connectivity index (χ3n) is 4.42. The Morgan fingerprint density at radius 1 is 0.852 bits per heavy atom. The molecule has 2 heterocycles. The topological polar surface area (TPSA) is 12.9 Å². The predicted octanol–water partition coefficient (Wildman–Crippen LogP) is 7.27. The van der Waals surface area contributed by atoms with Crippen molar-refractivity contribution in [2.75, 3.05) is 0 Å². The molecule has 1 nitrogen and oxygen atoms in total. The maximum absolute atomic E-state index is 13.9. The average molecular weight is 383 g/mol. The predicted molar refractivity (Wildman–Crippen MR) is 105 cm³/mol. The van der Waals surface area contributed by atoms with Crippen molar-refractivity contribution >= 4 is 21.4 Å². The van der Waals surface area contributed by atoms with Gasteiger partial charge in [-0.3, -0.25) is 4.98 Å². The summed E-state index contributed by atoms with van der Waals surface area (Å²) in [5.41, 5.74) is 3.53. The Labute approximate surface area is 159 Å². The fraction of sp³-hybridized carbons (Fsp3) is 0.136. The summed E-state index contributed by atoms with van der Waals surface area (Å²) in [6.07, 6.45) is -2.98. The molecule has 27 heavy (non-hydrogen) atoms. The number of fused-ring (bicyclic) bond motifs is 1. The highest BCUT2D eigenvalue weighted by Gasteiger charge is 2.38. The largest absolute Gasteiger partial charge is 0.418 e. The summed E-state index contributed by atoms with van der Waals surface area (Å²) in [7, 11) is 0. The fourth-order valence-corrected chi connectivity index (χ4v) is 4.75. The Morgan fingerprint density at radius 3 is 2.15 bits per heavy atom. The van der Waals surface area contributed by atoms with Crippen molar-refractivity contribution in [3.63, 3.8) is 0 Å². The molecule has 0 unspecified atom stereocenters. The van der Waals surface area contributed by atoms with E-state index in [-0.39, 0.29) is 10.3 Å². The van der Waals surface area contributed by atoms with Gasteiger partial charge in [-0.1, -0.05) is 47.5 Å². The van der Waals surface area contributed by atoms with Crippen molar-refractivity contribution in [3.8, 4) is 21.7 Å². The van der Waals surface area contributed by atoms with Crippen molar-refractivity contribution in [2.24, 2.45) is 0 Å². The highest BCUT2D eigenvalue weighted by Crippen LogP contribution is 2.48. The minimum absolute atomic E-state index is 0.204. The van der Waals surface area contributed by atoms with E-state index < -0.39 is 11.7 Å². The number of hydrogen-bond donors (Lipinski definition) is 0. The number of hydrogen-bond acceptors (Lipinski definition) is 2. The second kappa shape index (κ2) is 6.50. The van der Waals surface area contributed by atoms with Crippen LogP contribution < -0.4 is 0 Å². The third-order valence-corrected chi connectivity index (χ3v) is 5.68. The number of benzene rings is 2. The van der Waals surface area contributed by atoms with Gasteiger partial charge in [0, 0.05) is 22.0 Å². The Balaban J connectivity index is 2.06. The molecule has 0 bridgehead atoms. The minimum Gasteiger partial charge on any atom is -0.255 e. The van der Waals surface area contributed by atoms with E-state index in [9.17, 15) is 13.2 Å². The maximum Gasteiger partial charge on any atom is 0.418 e. The van der Waals surface area contributed by atoms with E-state index in [4.69, 9.17) is 0 Å². The van der Waals surface area contributed by atoms with E-state index >= 15 is 0 Å². The van der Waals surface area contributed by atoms with E-state index in [1.54, 1.807) is 30.3 Å². The number of thiophene rings is 1. The monoisotopic (exact) mass is 383 g/mol. The highest BCUT2D eigenvalue weighted by molar-refractivity contribution is 7.23. The van der Waals surface area contributed by atoms with Crippen molar-refractivity contribution in [1.82, 2.24) is 4.98 Å². The van der Waals surface area contributed by atoms with E-state index in [1.807, 2.05) is 32.0 Å². The lowest BCUT2D eigenvalue weighted by Gasteiger charge is -2.09. The first-order valence-corrected chi connectivity index (χ1v) is 9.29. The second-order valence-electron chi connectivity index (χ2n) is 6.58. The number of rotatable bonds is 2. The SMILES string of the molecule is Cc1cc(C)cc(-c2nccc3c(C(F)(F)F)c(-c4ccccc4)sc23)c1. The molecule has 0 saturated heterocycles. The Hall–Kier alpha value is -2.66. The number of aromatic nitrogens is 1. The van der Waals surface area contributed by atoms with Gasteiger partial charge in [0.25, 0.3) is 0 Å². The van der Waals surface area contributed by atoms with Gasteiger partial charge in [-0.15, -0.1) is 11.3 Å². The van der Waals surface area contributed by atoms with Crippen LogP contribution in [-0.4, -0.2) is 4.98 Å². The molecular weight excluding hydrogens is 367 g/mol. The summed E-state index contributed by atoms with van der Waals surface area (Å²) < 4.78 is 42.4. The molecule has 0 amide bonds. The van der Waals surface area contributed by atoms with E-state index in [0.717, 1.165) is 28.0 Å². The summed E-state index contributed by atoms with van der Waals surface area (Å²) in [6.45, 7) is 3.95. The summed E-state index contributed by atoms with van der Waals surface area (Å²) in [4.78, 5) is 4.67. The van der Waals surface area contributed by atoms with Gasteiger partial charge in [0.15, 0.2) is 0 Å². The van der Waals surface area contributed by atoms with Crippen molar-refractivity contribution in [1.29, 1.82) is 0 Å². The van der Waals surface area contributed by atoms with Gasteiger partial charge in [0.1, 0.15) is 0 Å². The quantitative estimate of drug-likeness (QED) is 0.355. The first-order chi connectivity index (χ1) is 12.8. The molecular formula is C22H16F3NS. The summed E-state index contributed by atoms with van der Waals surface area (Å²) in [5, 5.41) is 0.204. The number of aryl methyl sites for hydroxylation is 2. The van der Waals surface area contributed by atoms with Crippen molar-refractivity contribution in [3.05, 3.63) is 77.5 Å². The van der Waals surface area contributed by atoms with Gasteiger partial charge >= 0.3 is 6.18 Å². The van der Waals surface area contributed by atoms with Crippen LogP contribution in [0.25, 0.3) is 31.8 Å². The molecule has 0 spiro atoms. The molecule has 0 atom stereocenters. The van der Waals surface area contributed by atoms with E-state index in [0.29, 0.717) is 16.0 Å². The zero-order chi connectivity index (χ0) is 19.2. The lowest BCUT2D eigenvalue weighted by molar-refractivity contribution is -0.135. The first-order valence-electron chi connectivity index (χ1n) is 8.47.